The molecule has 8 nitrogen and oxygen atoms in total. The Kier molecular flexibility index (Phi) is 9.34. The minimum Gasteiger partial charge on any atom is -0.382 e. The molecule has 11 heteroatoms. The van der Waals surface area contributed by atoms with Gasteiger partial charge in [-0.1, -0.05) is 54.9 Å². The van der Waals surface area contributed by atoms with Crippen molar-refractivity contribution in [3.05, 3.63) is 105 Å². The quantitative estimate of drug-likeness (QED) is 0.226. The molecule has 0 spiro atoms. The van der Waals surface area contributed by atoms with Gasteiger partial charge in [-0.3, -0.25) is 9.36 Å². The number of hydrogen-bond donors (Lipinski definition) is 2. The topological polar surface area (TPSA) is 90.2 Å². The molecule has 1 atom stereocenters. The number of carbonyl (C=O) groups is 1. The summed E-state index contributed by atoms with van der Waals surface area (Å²) in [4.78, 5) is 26.4. The number of anilines is 2. The number of amides is 1. The van der Waals surface area contributed by atoms with Crippen molar-refractivity contribution in [2.75, 3.05) is 10.6 Å². The van der Waals surface area contributed by atoms with Crippen molar-refractivity contribution in [3.63, 3.8) is 0 Å². The molecule has 0 fully saturated rings. The van der Waals surface area contributed by atoms with E-state index in [1.165, 1.54) is 22.8 Å². The molecule has 1 unspecified atom stereocenters. The number of nitrogens with one attached hydrogen (secondary N) is 2. The van der Waals surface area contributed by atoms with Gasteiger partial charge in [-0.05, 0) is 50.1 Å². The highest BCUT2D eigenvalue weighted by Crippen LogP contribution is 2.29. The van der Waals surface area contributed by atoms with Gasteiger partial charge in [0.15, 0.2) is 5.82 Å². The average molecular weight is 570 g/mol. The summed E-state index contributed by atoms with van der Waals surface area (Å²) in [5, 5.41) is 9.95. The van der Waals surface area contributed by atoms with Gasteiger partial charge >= 0.3 is 5.69 Å². The monoisotopic (exact) mass is 569 g/mol. The van der Waals surface area contributed by atoms with Crippen LogP contribution in [0.2, 0.25) is 5.02 Å². The van der Waals surface area contributed by atoms with Gasteiger partial charge < -0.3 is 15.4 Å². The smallest absolute Gasteiger partial charge is 0.350 e. The van der Waals surface area contributed by atoms with Crippen LogP contribution in [0, 0.1) is 11.6 Å². The minimum atomic E-state index is -0.862. The van der Waals surface area contributed by atoms with Crippen LogP contribution in [0.1, 0.15) is 48.9 Å². The molecule has 1 amide bonds. The third-order valence-corrected chi connectivity index (χ3v) is 6.69. The summed E-state index contributed by atoms with van der Waals surface area (Å²) in [5.74, 6) is -2.04. The van der Waals surface area contributed by atoms with Crippen molar-refractivity contribution in [1.82, 2.24) is 14.3 Å². The molecule has 1 heterocycles. The van der Waals surface area contributed by atoms with Crippen molar-refractivity contribution in [3.8, 4) is 5.69 Å². The second-order valence-corrected chi connectivity index (χ2v) is 9.59. The lowest BCUT2D eigenvalue weighted by molar-refractivity contribution is 0.0989. The summed E-state index contributed by atoms with van der Waals surface area (Å²) in [6.07, 6.45) is 0.695. The van der Waals surface area contributed by atoms with Gasteiger partial charge in [-0.15, -0.1) is 5.10 Å². The average Bonchev–Trinajstić information content (AvgIpc) is 3.26. The van der Waals surface area contributed by atoms with Gasteiger partial charge in [0.25, 0.3) is 5.91 Å². The number of hydrogen-bond acceptors (Lipinski definition) is 5. The maximum absolute atomic E-state index is 15.5. The van der Waals surface area contributed by atoms with E-state index in [-0.39, 0.29) is 40.3 Å². The van der Waals surface area contributed by atoms with E-state index >= 15 is 4.39 Å². The van der Waals surface area contributed by atoms with Crippen LogP contribution < -0.4 is 16.3 Å². The molecule has 4 aromatic rings. The molecule has 210 valence electrons. The van der Waals surface area contributed by atoms with Crippen LogP contribution in [-0.2, 0) is 24.5 Å². The first-order valence-electron chi connectivity index (χ1n) is 12.9. The number of carbonyl (C=O) groups excluding carboxylic acids is 1. The van der Waals surface area contributed by atoms with Crippen molar-refractivity contribution >= 4 is 28.9 Å². The molecule has 1 aromatic heterocycles. The second kappa shape index (κ2) is 12.9. The normalized spacial score (nSPS) is 11.8. The Morgan fingerprint density at radius 2 is 1.80 bits per heavy atom. The zero-order chi connectivity index (χ0) is 28.8. The summed E-state index contributed by atoms with van der Waals surface area (Å²) < 4.78 is 38.0. The Morgan fingerprint density at radius 3 is 2.48 bits per heavy atom. The Bertz CT molecular complexity index is 1540. The van der Waals surface area contributed by atoms with Crippen molar-refractivity contribution in [2.24, 2.45) is 0 Å². The molecule has 0 saturated carbocycles. The minimum absolute atomic E-state index is 0.000507. The lowest BCUT2D eigenvalue weighted by Gasteiger charge is -2.18. The van der Waals surface area contributed by atoms with E-state index in [0.717, 1.165) is 22.4 Å². The van der Waals surface area contributed by atoms with Gasteiger partial charge in [-0.2, -0.15) is 4.68 Å². The molecular formula is C29H30ClF2N5O3. The summed E-state index contributed by atoms with van der Waals surface area (Å²) >= 11 is 6.06. The maximum atomic E-state index is 15.5. The lowest BCUT2D eigenvalue weighted by Crippen LogP contribution is -2.26. The highest BCUT2D eigenvalue weighted by atomic mass is 35.5. The molecule has 0 bridgehead atoms. The molecule has 3 aromatic carbocycles. The van der Waals surface area contributed by atoms with Crippen molar-refractivity contribution in [2.45, 2.75) is 53.0 Å². The molecule has 0 aliphatic heterocycles. The Morgan fingerprint density at radius 1 is 1.05 bits per heavy atom. The van der Waals surface area contributed by atoms with E-state index in [4.69, 9.17) is 16.3 Å². The van der Waals surface area contributed by atoms with Crippen LogP contribution >= 0.6 is 11.6 Å². The number of aromatic nitrogens is 3. The van der Waals surface area contributed by atoms with E-state index in [1.807, 2.05) is 44.2 Å². The third-order valence-electron chi connectivity index (χ3n) is 6.37. The standard InChI is InChI=1S/C29H30ClF2N5O3/c1-4-18(3)33-24-15-25(23(32)14-20(24)28(38)34-27-21(30)12-9-13-22(27)31)37-29(39)36(5-2)26(35-37)17-40-16-19-10-7-6-8-11-19/h6-15,18,33H,4-5,16-17H2,1-3H3,(H,34,38). The Labute approximate surface area is 235 Å². The fourth-order valence-electron chi connectivity index (χ4n) is 4.05. The first-order valence-corrected chi connectivity index (χ1v) is 13.3. The highest BCUT2D eigenvalue weighted by Gasteiger charge is 2.23. The van der Waals surface area contributed by atoms with E-state index in [2.05, 4.69) is 15.7 Å². The predicted molar refractivity (Wildman–Crippen MR) is 151 cm³/mol. The highest BCUT2D eigenvalue weighted by molar-refractivity contribution is 6.34. The van der Waals surface area contributed by atoms with E-state index < -0.39 is 23.2 Å². The van der Waals surface area contributed by atoms with Gasteiger partial charge in [0.1, 0.15) is 23.9 Å². The lowest BCUT2D eigenvalue weighted by atomic mass is 10.1. The summed E-state index contributed by atoms with van der Waals surface area (Å²) in [6.45, 7) is 6.26. The molecule has 0 saturated heterocycles. The van der Waals surface area contributed by atoms with Gasteiger partial charge in [-0.25, -0.2) is 13.6 Å². The van der Waals surface area contributed by atoms with Crippen LogP contribution in [0.25, 0.3) is 5.69 Å². The third kappa shape index (κ3) is 6.40. The number of nitrogens with zero attached hydrogens (tertiary/aromatic N) is 3. The zero-order valence-corrected chi connectivity index (χ0v) is 23.1. The second-order valence-electron chi connectivity index (χ2n) is 9.19. The molecule has 0 aliphatic carbocycles. The number of ether oxygens (including phenoxy) is 1. The number of rotatable bonds is 11. The molecular weight excluding hydrogens is 540 g/mol. The maximum Gasteiger partial charge on any atom is 0.350 e. The number of benzene rings is 3. The van der Waals surface area contributed by atoms with Gasteiger partial charge in [0.05, 0.1) is 22.9 Å². The largest absolute Gasteiger partial charge is 0.382 e. The van der Waals surface area contributed by atoms with E-state index in [9.17, 15) is 14.0 Å². The SMILES string of the molecule is CCC(C)Nc1cc(-n2nc(COCc3ccccc3)n(CC)c2=O)c(F)cc1C(=O)Nc1c(F)cccc1Cl. The fraction of sp³-hybridized carbons (Fsp3) is 0.276. The van der Waals surface area contributed by atoms with Crippen LogP contribution in [0.15, 0.2) is 65.5 Å². The summed E-state index contributed by atoms with van der Waals surface area (Å²) in [6, 6.07) is 15.8. The zero-order valence-electron chi connectivity index (χ0n) is 22.4. The van der Waals surface area contributed by atoms with Gasteiger partial charge in [0.2, 0.25) is 0 Å². The van der Waals surface area contributed by atoms with Crippen LogP contribution in [0.3, 0.4) is 0 Å². The van der Waals surface area contributed by atoms with Crippen LogP contribution in [0.5, 0.6) is 0 Å². The number of para-hydroxylation sites is 1. The number of halogens is 3. The van der Waals surface area contributed by atoms with E-state index in [0.29, 0.717) is 25.4 Å². The van der Waals surface area contributed by atoms with Crippen molar-refractivity contribution in [1.29, 1.82) is 0 Å². The first-order chi connectivity index (χ1) is 19.2. The van der Waals surface area contributed by atoms with Gasteiger partial charge in [0, 0.05) is 18.3 Å². The van der Waals surface area contributed by atoms with E-state index in [1.54, 1.807) is 6.92 Å². The summed E-state index contributed by atoms with van der Waals surface area (Å²) in [7, 11) is 0. The summed E-state index contributed by atoms with van der Waals surface area (Å²) in [5.41, 5.74) is 0.207. The fourth-order valence-corrected chi connectivity index (χ4v) is 4.26. The van der Waals surface area contributed by atoms with Crippen LogP contribution in [0.4, 0.5) is 20.2 Å². The Hall–Kier alpha value is -4.02. The molecule has 40 heavy (non-hydrogen) atoms. The Balaban J connectivity index is 1.69. The first kappa shape index (κ1) is 29.0. The van der Waals surface area contributed by atoms with Crippen LogP contribution in [-0.4, -0.2) is 26.3 Å². The van der Waals surface area contributed by atoms with Crippen molar-refractivity contribution < 1.29 is 18.3 Å². The molecule has 4 rings (SSSR count). The molecule has 0 radical (unpaired) electrons. The predicted octanol–water partition coefficient (Wildman–Crippen LogP) is 6.17. The molecule has 2 N–H and O–H groups in total. The molecule has 0 aliphatic rings.